The lowest BCUT2D eigenvalue weighted by Gasteiger charge is -2.13. The molecule has 0 saturated carbocycles. The van der Waals surface area contributed by atoms with Crippen LogP contribution in [0.4, 0.5) is 10.5 Å². The van der Waals surface area contributed by atoms with E-state index in [4.69, 9.17) is 10.2 Å². The fourth-order valence-electron chi connectivity index (χ4n) is 1.43. The second kappa shape index (κ2) is 6.01. The Hall–Kier alpha value is -2.09. The van der Waals surface area contributed by atoms with Crippen LogP contribution in [0.1, 0.15) is 12.1 Å². The molecule has 0 aliphatic rings. The summed E-state index contributed by atoms with van der Waals surface area (Å²) in [5.74, 6) is -1.19. The highest BCUT2D eigenvalue weighted by Gasteiger charge is 2.19. The van der Waals surface area contributed by atoms with Crippen molar-refractivity contribution >= 4 is 17.7 Å². The van der Waals surface area contributed by atoms with Crippen LogP contribution in [0.2, 0.25) is 0 Å². The number of hydrogen-bond acceptors (Lipinski definition) is 4. The van der Waals surface area contributed by atoms with Gasteiger partial charge in [0.05, 0.1) is 11.4 Å². The zero-order valence-electron chi connectivity index (χ0n) is 10.2. The number of rotatable bonds is 5. The third kappa shape index (κ3) is 3.74. The quantitative estimate of drug-likeness (QED) is 0.576. The van der Waals surface area contributed by atoms with Gasteiger partial charge in [0.2, 0.25) is 0 Å². The van der Waals surface area contributed by atoms with Crippen molar-refractivity contribution in [2.24, 2.45) is 7.05 Å². The second-order valence-electron chi connectivity index (χ2n) is 3.80. The smallest absolute Gasteiger partial charge is 0.326 e. The number of carboxylic acid groups (broad SMARTS) is 1. The molecular formula is C10H16N4O4. The van der Waals surface area contributed by atoms with Crippen LogP contribution in [0, 0.1) is 6.92 Å². The van der Waals surface area contributed by atoms with Crippen LogP contribution in [0.25, 0.3) is 0 Å². The van der Waals surface area contributed by atoms with Gasteiger partial charge in [-0.1, -0.05) is 0 Å². The van der Waals surface area contributed by atoms with Crippen molar-refractivity contribution in [3.8, 4) is 0 Å². The van der Waals surface area contributed by atoms with Gasteiger partial charge >= 0.3 is 12.0 Å². The summed E-state index contributed by atoms with van der Waals surface area (Å²) >= 11 is 0. The van der Waals surface area contributed by atoms with Crippen LogP contribution in [-0.2, 0) is 11.8 Å². The van der Waals surface area contributed by atoms with E-state index in [-0.39, 0.29) is 13.0 Å². The third-order valence-corrected chi connectivity index (χ3v) is 2.28. The lowest BCUT2D eigenvalue weighted by Crippen LogP contribution is -2.43. The Kier molecular flexibility index (Phi) is 4.67. The molecule has 0 fully saturated rings. The largest absolute Gasteiger partial charge is 0.480 e. The fraction of sp³-hybridized carbons (Fsp3) is 0.500. The predicted octanol–water partition coefficient (Wildman–Crippen LogP) is -0.314. The molecule has 8 heteroatoms. The van der Waals surface area contributed by atoms with Gasteiger partial charge < -0.3 is 20.8 Å². The molecule has 1 aromatic rings. The molecule has 0 aliphatic heterocycles. The normalized spacial score (nSPS) is 11.9. The summed E-state index contributed by atoms with van der Waals surface area (Å²) in [6, 6.07) is -1.76. The van der Waals surface area contributed by atoms with Crippen molar-refractivity contribution in [3.05, 3.63) is 11.9 Å². The molecule has 0 spiro atoms. The van der Waals surface area contributed by atoms with Gasteiger partial charge in [-0.2, -0.15) is 5.10 Å². The van der Waals surface area contributed by atoms with Crippen LogP contribution in [0.15, 0.2) is 6.20 Å². The minimum atomic E-state index is -1.19. The molecule has 1 aromatic heterocycles. The average Bonchev–Trinajstić information content (AvgIpc) is 2.56. The number of nitrogens with one attached hydrogen (secondary N) is 2. The van der Waals surface area contributed by atoms with Crippen molar-refractivity contribution in [3.63, 3.8) is 0 Å². The molecule has 8 nitrogen and oxygen atoms in total. The number of aromatic nitrogens is 2. The Bertz CT molecular complexity index is 443. The van der Waals surface area contributed by atoms with Gasteiger partial charge in [0.1, 0.15) is 6.04 Å². The summed E-state index contributed by atoms with van der Waals surface area (Å²) in [4.78, 5) is 22.3. The van der Waals surface area contributed by atoms with Crippen molar-refractivity contribution < 1.29 is 19.8 Å². The molecule has 0 unspecified atom stereocenters. The number of carboxylic acids is 1. The van der Waals surface area contributed by atoms with E-state index in [1.165, 1.54) is 4.68 Å². The summed E-state index contributed by atoms with van der Waals surface area (Å²) in [5, 5.41) is 26.3. The minimum absolute atomic E-state index is 0.0469. The second-order valence-corrected chi connectivity index (χ2v) is 3.80. The van der Waals surface area contributed by atoms with E-state index in [1.807, 2.05) is 0 Å². The first-order chi connectivity index (χ1) is 8.43. The number of aliphatic hydroxyl groups is 1. The molecule has 0 saturated heterocycles. The summed E-state index contributed by atoms with van der Waals surface area (Å²) in [7, 11) is 1.71. The van der Waals surface area contributed by atoms with Gasteiger partial charge in [-0.3, -0.25) is 4.68 Å². The highest BCUT2D eigenvalue weighted by Crippen LogP contribution is 2.10. The highest BCUT2D eigenvalue weighted by molar-refractivity contribution is 5.92. The van der Waals surface area contributed by atoms with E-state index in [0.717, 1.165) is 0 Å². The van der Waals surface area contributed by atoms with Crippen molar-refractivity contribution in [1.82, 2.24) is 15.1 Å². The first-order valence-electron chi connectivity index (χ1n) is 5.35. The average molecular weight is 256 g/mol. The lowest BCUT2D eigenvalue weighted by atomic mass is 10.2. The molecule has 0 aliphatic carbocycles. The summed E-state index contributed by atoms with van der Waals surface area (Å²) in [5.41, 5.74) is 1.13. The summed E-state index contributed by atoms with van der Waals surface area (Å²) < 4.78 is 1.54. The van der Waals surface area contributed by atoms with Crippen molar-refractivity contribution in [1.29, 1.82) is 0 Å². The summed E-state index contributed by atoms with van der Waals surface area (Å²) in [6.07, 6.45) is 1.56. The Morgan fingerprint density at radius 3 is 2.67 bits per heavy atom. The van der Waals surface area contributed by atoms with Gasteiger partial charge in [-0.15, -0.1) is 0 Å². The van der Waals surface area contributed by atoms with E-state index in [0.29, 0.717) is 11.4 Å². The Morgan fingerprint density at radius 1 is 1.56 bits per heavy atom. The lowest BCUT2D eigenvalue weighted by molar-refractivity contribution is -0.139. The van der Waals surface area contributed by atoms with Crippen LogP contribution < -0.4 is 10.6 Å². The number of anilines is 1. The molecule has 0 radical (unpaired) electrons. The zero-order valence-corrected chi connectivity index (χ0v) is 10.2. The van der Waals surface area contributed by atoms with Crippen LogP contribution in [0.3, 0.4) is 0 Å². The number of hydrogen-bond donors (Lipinski definition) is 4. The van der Waals surface area contributed by atoms with Gasteiger partial charge in [0.15, 0.2) is 0 Å². The maximum absolute atomic E-state index is 11.6. The monoisotopic (exact) mass is 256 g/mol. The van der Waals surface area contributed by atoms with E-state index >= 15 is 0 Å². The summed E-state index contributed by atoms with van der Waals surface area (Å²) in [6.45, 7) is 1.40. The van der Waals surface area contributed by atoms with E-state index in [1.54, 1.807) is 20.2 Å². The van der Waals surface area contributed by atoms with Crippen molar-refractivity contribution in [2.45, 2.75) is 19.4 Å². The van der Waals surface area contributed by atoms with E-state index in [2.05, 4.69) is 15.7 Å². The van der Waals surface area contributed by atoms with Gasteiger partial charge in [0.25, 0.3) is 0 Å². The first-order valence-corrected chi connectivity index (χ1v) is 5.35. The van der Waals surface area contributed by atoms with Crippen LogP contribution in [-0.4, -0.2) is 44.6 Å². The molecule has 0 bridgehead atoms. The molecule has 1 atom stereocenters. The maximum atomic E-state index is 11.6. The number of aliphatic carboxylic acids is 1. The standard InChI is InChI=1S/C10H16N4O4/c1-6-8(5-14(2)13-6)12-10(18)11-7(3-4-15)9(16)17/h5,7,15H,3-4H2,1-2H3,(H,16,17)(H2,11,12,18)/t7-/m0/s1. The van der Waals surface area contributed by atoms with Crippen LogP contribution >= 0.6 is 0 Å². The molecule has 1 heterocycles. The number of nitrogens with zero attached hydrogens (tertiary/aromatic N) is 2. The number of carbonyl (C=O) groups excluding carboxylic acids is 1. The van der Waals surface area contributed by atoms with Crippen LogP contribution in [0.5, 0.6) is 0 Å². The molecular weight excluding hydrogens is 240 g/mol. The zero-order chi connectivity index (χ0) is 13.7. The number of urea groups is 1. The topological polar surface area (TPSA) is 116 Å². The maximum Gasteiger partial charge on any atom is 0.326 e. The van der Waals surface area contributed by atoms with Gasteiger partial charge in [-0.25, -0.2) is 9.59 Å². The minimum Gasteiger partial charge on any atom is -0.480 e. The number of amides is 2. The Morgan fingerprint density at radius 2 is 2.22 bits per heavy atom. The first kappa shape index (κ1) is 14.0. The molecule has 0 aromatic carbocycles. The fourth-order valence-corrected chi connectivity index (χ4v) is 1.43. The van der Waals surface area contributed by atoms with E-state index < -0.39 is 18.0 Å². The predicted molar refractivity (Wildman–Crippen MR) is 63.2 cm³/mol. The Labute approximate surface area is 104 Å². The number of aryl methyl sites for hydroxylation is 2. The van der Waals surface area contributed by atoms with Gasteiger partial charge in [0, 0.05) is 26.3 Å². The molecule has 1 rings (SSSR count). The molecule has 4 N–H and O–H groups in total. The number of aliphatic hydroxyl groups excluding tert-OH is 1. The van der Waals surface area contributed by atoms with Crippen molar-refractivity contribution in [2.75, 3.05) is 11.9 Å². The number of carbonyl (C=O) groups is 2. The van der Waals surface area contributed by atoms with Gasteiger partial charge in [-0.05, 0) is 6.92 Å². The third-order valence-electron chi connectivity index (χ3n) is 2.28. The van der Waals surface area contributed by atoms with E-state index in [9.17, 15) is 9.59 Å². The highest BCUT2D eigenvalue weighted by atomic mass is 16.4. The Balaban J connectivity index is 2.60. The molecule has 100 valence electrons. The molecule has 18 heavy (non-hydrogen) atoms. The SMILES string of the molecule is Cc1nn(C)cc1NC(=O)N[C@@H](CCO)C(=O)O. The molecule has 2 amide bonds.